The predicted octanol–water partition coefficient (Wildman–Crippen LogP) is 6.72. The highest BCUT2D eigenvalue weighted by Gasteiger charge is 2.58. The van der Waals surface area contributed by atoms with E-state index in [1.54, 1.807) is 10.6 Å². The second-order valence-corrected chi connectivity index (χ2v) is 6.69. The summed E-state index contributed by atoms with van der Waals surface area (Å²) in [6.45, 7) is -2.35. The van der Waals surface area contributed by atoms with Crippen LogP contribution in [0.4, 0.5) is 64.5 Å². The molecule has 0 saturated heterocycles. The Morgan fingerprint density at radius 1 is 0.771 bits per heavy atom. The lowest BCUT2D eigenvalue weighted by molar-refractivity contribution is -0.291. The molecule has 0 unspecified atom stereocenters. The Morgan fingerprint density at radius 2 is 1.40 bits per heavy atom. The SMILES string of the molecule is O=C(Nc1cccc(C(=O)Nc2ccc(C(F)(F)F)cc2C(F)(F)F)c1)OCC(F)(F)C(F)(F)F. The highest BCUT2D eigenvalue weighted by atomic mass is 19.4. The summed E-state index contributed by atoms with van der Waals surface area (Å²) in [7, 11) is 0. The highest BCUT2D eigenvalue weighted by molar-refractivity contribution is 6.05. The van der Waals surface area contributed by atoms with Gasteiger partial charge in [-0.1, -0.05) is 6.07 Å². The largest absolute Gasteiger partial charge is 0.456 e. The lowest BCUT2D eigenvalue weighted by Crippen LogP contribution is -2.41. The summed E-state index contributed by atoms with van der Waals surface area (Å²) < 4.78 is 143. The molecule has 16 heteroatoms. The summed E-state index contributed by atoms with van der Waals surface area (Å²) in [6.07, 6.45) is -18.1. The Labute approximate surface area is 187 Å². The van der Waals surface area contributed by atoms with E-state index < -0.39 is 65.4 Å². The van der Waals surface area contributed by atoms with E-state index in [4.69, 9.17) is 0 Å². The number of carbonyl (C=O) groups is 2. The maximum Gasteiger partial charge on any atom is 0.456 e. The molecule has 35 heavy (non-hydrogen) atoms. The molecule has 0 saturated carbocycles. The van der Waals surface area contributed by atoms with Gasteiger partial charge in [0.2, 0.25) is 0 Å². The quantitative estimate of drug-likeness (QED) is 0.427. The maximum atomic E-state index is 13.2. The normalized spacial score (nSPS) is 12.8. The molecule has 0 aliphatic rings. The minimum absolute atomic E-state index is 0.208. The minimum Gasteiger partial charge on any atom is -0.442 e. The molecular weight excluding hydrogens is 513 g/mol. The summed E-state index contributed by atoms with van der Waals surface area (Å²) in [4.78, 5) is 23.8. The van der Waals surface area contributed by atoms with Crippen molar-refractivity contribution in [3.8, 4) is 0 Å². The third kappa shape index (κ3) is 7.19. The number of halogens is 11. The van der Waals surface area contributed by atoms with Crippen molar-refractivity contribution in [2.24, 2.45) is 0 Å². The van der Waals surface area contributed by atoms with Gasteiger partial charge < -0.3 is 10.1 Å². The Balaban J connectivity index is 2.17. The zero-order valence-electron chi connectivity index (χ0n) is 16.6. The van der Waals surface area contributed by atoms with E-state index in [1.165, 1.54) is 0 Å². The first-order valence-corrected chi connectivity index (χ1v) is 8.89. The van der Waals surface area contributed by atoms with Crippen LogP contribution in [0, 0.1) is 0 Å². The van der Waals surface area contributed by atoms with Crippen LogP contribution in [0.2, 0.25) is 0 Å². The summed E-state index contributed by atoms with van der Waals surface area (Å²) in [5.74, 6) is -6.62. The van der Waals surface area contributed by atoms with Crippen molar-refractivity contribution in [3.05, 3.63) is 59.2 Å². The third-order valence-corrected chi connectivity index (χ3v) is 4.07. The summed E-state index contributed by atoms with van der Waals surface area (Å²) in [6, 6.07) is 4.34. The van der Waals surface area contributed by atoms with E-state index >= 15 is 0 Å². The van der Waals surface area contributed by atoms with Crippen LogP contribution >= 0.6 is 0 Å². The van der Waals surface area contributed by atoms with Gasteiger partial charge in [-0.3, -0.25) is 10.1 Å². The first-order chi connectivity index (χ1) is 15.8. The van der Waals surface area contributed by atoms with Gasteiger partial charge in [-0.2, -0.15) is 48.3 Å². The second-order valence-electron chi connectivity index (χ2n) is 6.69. The van der Waals surface area contributed by atoms with Crippen molar-refractivity contribution in [3.63, 3.8) is 0 Å². The molecule has 0 bridgehead atoms. The van der Waals surface area contributed by atoms with Gasteiger partial charge in [-0.05, 0) is 36.4 Å². The van der Waals surface area contributed by atoms with E-state index in [1.807, 2.05) is 0 Å². The molecule has 2 aromatic rings. The van der Waals surface area contributed by atoms with Crippen LogP contribution < -0.4 is 10.6 Å². The molecule has 5 nitrogen and oxygen atoms in total. The van der Waals surface area contributed by atoms with Crippen LogP contribution in [0.3, 0.4) is 0 Å². The van der Waals surface area contributed by atoms with Crippen molar-refractivity contribution in [2.75, 3.05) is 17.2 Å². The molecule has 0 spiro atoms. The minimum atomic E-state index is -5.99. The van der Waals surface area contributed by atoms with Crippen LogP contribution in [0.25, 0.3) is 0 Å². The van der Waals surface area contributed by atoms with Crippen LogP contribution in [0.1, 0.15) is 21.5 Å². The molecule has 0 fully saturated rings. The van der Waals surface area contributed by atoms with Gasteiger partial charge in [0.1, 0.15) is 0 Å². The smallest absolute Gasteiger partial charge is 0.442 e. The predicted molar refractivity (Wildman–Crippen MR) is 96.8 cm³/mol. The molecule has 0 heterocycles. The van der Waals surface area contributed by atoms with Crippen molar-refractivity contribution in [2.45, 2.75) is 24.5 Å². The average molecular weight is 524 g/mol. The van der Waals surface area contributed by atoms with Crippen LogP contribution in [-0.2, 0) is 17.1 Å². The van der Waals surface area contributed by atoms with E-state index in [2.05, 4.69) is 4.74 Å². The topological polar surface area (TPSA) is 67.4 Å². The summed E-state index contributed by atoms with van der Waals surface area (Å²) in [5.41, 5.74) is -5.30. The van der Waals surface area contributed by atoms with Gasteiger partial charge in [0.15, 0.2) is 6.61 Å². The summed E-state index contributed by atoms with van der Waals surface area (Å²) in [5, 5.41) is 3.50. The molecule has 2 rings (SSSR count). The fraction of sp³-hybridized carbons (Fsp3) is 0.263. The standard InChI is InChI=1S/C19H11F11N2O3/c20-16(21,19(28,29)30)8-35-15(34)31-11-3-1-2-9(6-11)14(33)32-13-5-4-10(17(22,23)24)7-12(13)18(25,26)27/h1-7H,8H2,(H,31,34)(H,32,33). The Kier molecular flexibility index (Phi) is 7.57. The average Bonchev–Trinajstić information content (AvgIpc) is 2.70. The molecule has 2 aromatic carbocycles. The van der Waals surface area contributed by atoms with Gasteiger partial charge in [0.05, 0.1) is 16.8 Å². The molecular formula is C19H11F11N2O3. The van der Waals surface area contributed by atoms with Gasteiger partial charge in [0, 0.05) is 11.3 Å². The number of alkyl halides is 11. The number of carbonyl (C=O) groups excluding carboxylic acids is 2. The van der Waals surface area contributed by atoms with Crippen LogP contribution in [0.5, 0.6) is 0 Å². The molecule has 192 valence electrons. The van der Waals surface area contributed by atoms with Crippen molar-refractivity contribution in [1.82, 2.24) is 0 Å². The molecule has 0 radical (unpaired) electrons. The molecule has 2 amide bonds. The Bertz CT molecular complexity index is 1090. The van der Waals surface area contributed by atoms with Gasteiger partial charge in [-0.25, -0.2) is 4.79 Å². The van der Waals surface area contributed by atoms with Crippen molar-refractivity contribution >= 4 is 23.4 Å². The van der Waals surface area contributed by atoms with E-state index in [0.29, 0.717) is 12.1 Å². The Hall–Kier alpha value is -3.59. The number of hydrogen-bond acceptors (Lipinski definition) is 3. The molecule has 0 aliphatic heterocycles. The fourth-order valence-electron chi connectivity index (χ4n) is 2.39. The second kappa shape index (κ2) is 9.58. The van der Waals surface area contributed by atoms with Gasteiger partial charge in [-0.15, -0.1) is 0 Å². The zero-order chi connectivity index (χ0) is 26.8. The number of rotatable bonds is 5. The highest BCUT2D eigenvalue weighted by Crippen LogP contribution is 2.39. The van der Waals surface area contributed by atoms with Gasteiger partial charge >= 0.3 is 30.5 Å². The van der Waals surface area contributed by atoms with Crippen molar-refractivity contribution in [1.29, 1.82) is 0 Å². The first-order valence-electron chi connectivity index (χ1n) is 8.89. The molecule has 2 N–H and O–H groups in total. The van der Waals surface area contributed by atoms with Crippen LogP contribution in [0.15, 0.2) is 42.5 Å². The number of anilines is 2. The lowest BCUT2D eigenvalue weighted by atomic mass is 10.1. The van der Waals surface area contributed by atoms with E-state index in [9.17, 15) is 57.9 Å². The number of amides is 2. The molecule has 0 atom stereocenters. The fourth-order valence-corrected chi connectivity index (χ4v) is 2.39. The third-order valence-electron chi connectivity index (χ3n) is 4.07. The monoisotopic (exact) mass is 524 g/mol. The zero-order valence-corrected chi connectivity index (χ0v) is 16.6. The Morgan fingerprint density at radius 3 is 1.94 bits per heavy atom. The number of hydrogen-bond donors (Lipinski definition) is 2. The maximum absolute atomic E-state index is 13.2. The number of benzene rings is 2. The first kappa shape index (κ1) is 27.7. The number of nitrogens with one attached hydrogen (secondary N) is 2. The summed E-state index contributed by atoms with van der Waals surface area (Å²) >= 11 is 0. The van der Waals surface area contributed by atoms with E-state index in [-0.39, 0.29) is 11.8 Å². The molecule has 0 aromatic heterocycles. The van der Waals surface area contributed by atoms with Crippen LogP contribution in [-0.4, -0.2) is 30.7 Å². The van der Waals surface area contributed by atoms with Gasteiger partial charge in [0.25, 0.3) is 5.91 Å². The van der Waals surface area contributed by atoms with E-state index in [0.717, 1.165) is 24.3 Å². The van der Waals surface area contributed by atoms with Crippen molar-refractivity contribution < 1.29 is 62.6 Å². The number of ether oxygens (including phenoxy) is 1. The lowest BCUT2D eigenvalue weighted by Gasteiger charge is -2.19. The molecule has 0 aliphatic carbocycles.